The van der Waals surface area contributed by atoms with Crippen molar-refractivity contribution < 1.29 is 18.8 Å². The van der Waals surface area contributed by atoms with E-state index in [1.54, 1.807) is 6.92 Å². The minimum atomic E-state index is -0.838. The lowest BCUT2D eigenvalue weighted by atomic mass is 10.1. The highest BCUT2D eigenvalue weighted by atomic mass is 79.9. The largest absolute Gasteiger partial charge is 0.326 e. The van der Waals surface area contributed by atoms with Crippen molar-refractivity contribution in [1.29, 1.82) is 0 Å². The quantitative estimate of drug-likeness (QED) is 0.846. The third-order valence-corrected chi connectivity index (χ3v) is 3.77. The summed E-state index contributed by atoms with van der Waals surface area (Å²) in [5.74, 6) is -1.95. The Bertz CT molecular complexity index is 591. The smallest absolute Gasteiger partial charge is 0.255 e. The maximum Gasteiger partial charge on any atom is 0.255 e. The van der Waals surface area contributed by atoms with Gasteiger partial charge >= 0.3 is 0 Å². The van der Waals surface area contributed by atoms with Gasteiger partial charge in [0.25, 0.3) is 5.91 Å². The van der Waals surface area contributed by atoms with Crippen LogP contribution in [0.15, 0.2) is 22.7 Å². The number of nitrogens with zero attached hydrogens (tertiary/aromatic N) is 1. The molecule has 20 heavy (non-hydrogen) atoms. The van der Waals surface area contributed by atoms with Crippen molar-refractivity contribution in [1.82, 2.24) is 10.2 Å². The molecule has 0 spiro atoms. The molecular formula is C13H12BrFN2O3. The summed E-state index contributed by atoms with van der Waals surface area (Å²) in [7, 11) is 0. The predicted molar refractivity (Wildman–Crippen MR) is 72.4 cm³/mol. The molecule has 1 aromatic rings. The van der Waals surface area contributed by atoms with Gasteiger partial charge in [0.1, 0.15) is 11.9 Å². The molecule has 1 N–H and O–H groups in total. The van der Waals surface area contributed by atoms with Gasteiger partial charge in [0.2, 0.25) is 11.8 Å². The van der Waals surface area contributed by atoms with Crippen LogP contribution in [0.4, 0.5) is 4.39 Å². The lowest BCUT2D eigenvalue weighted by Crippen LogP contribution is -2.44. The van der Waals surface area contributed by atoms with E-state index in [9.17, 15) is 18.8 Å². The summed E-state index contributed by atoms with van der Waals surface area (Å²) in [4.78, 5) is 36.6. The van der Waals surface area contributed by atoms with E-state index >= 15 is 0 Å². The normalized spacial score (nSPS) is 18.1. The van der Waals surface area contributed by atoms with Gasteiger partial charge in [-0.2, -0.15) is 0 Å². The predicted octanol–water partition coefficient (Wildman–Crippen LogP) is 1.47. The zero-order valence-electron chi connectivity index (χ0n) is 10.7. The van der Waals surface area contributed by atoms with Crippen molar-refractivity contribution in [3.05, 3.63) is 34.1 Å². The minimum Gasteiger partial charge on any atom is -0.326 e. The Kier molecular flexibility index (Phi) is 4.17. The highest BCUT2D eigenvalue weighted by molar-refractivity contribution is 9.10. The van der Waals surface area contributed by atoms with Crippen LogP contribution in [0.5, 0.6) is 0 Å². The lowest BCUT2D eigenvalue weighted by molar-refractivity contribution is -0.126. The Morgan fingerprint density at radius 1 is 1.50 bits per heavy atom. The fourth-order valence-corrected chi connectivity index (χ4v) is 2.53. The number of halogens is 2. The number of imide groups is 1. The minimum absolute atomic E-state index is 0.0641. The summed E-state index contributed by atoms with van der Waals surface area (Å²) < 4.78 is 13.7. The van der Waals surface area contributed by atoms with E-state index in [0.29, 0.717) is 4.47 Å². The van der Waals surface area contributed by atoms with Crippen molar-refractivity contribution in [2.45, 2.75) is 19.4 Å². The molecule has 3 amide bonds. The topological polar surface area (TPSA) is 66.5 Å². The van der Waals surface area contributed by atoms with Crippen molar-refractivity contribution in [3.63, 3.8) is 0 Å². The second-order valence-corrected chi connectivity index (χ2v) is 5.20. The molecule has 1 atom stereocenters. The molecule has 1 fully saturated rings. The first-order valence-electron chi connectivity index (χ1n) is 6.03. The molecule has 0 aromatic heterocycles. The van der Waals surface area contributed by atoms with Gasteiger partial charge in [0.05, 0.1) is 12.0 Å². The fraction of sp³-hybridized carbons (Fsp3) is 0.308. The van der Waals surface area contributed by atoms with Crippen LogP contribution < -0.4 is 5.32 Å². The van der Waals surface area contributed by atoms with Gasteiger partial charge in [-0.05, 0) is 41.1 Å². The second-order valence-electron chi connectivity index (χ2n) is 4.35. The average Bonchev–Trinajstić information content (AvgIpc) is 2.72. The first-order chi connectivity index (χ1) is 9.43. The van der Waals surface area contributed by atoms with E-state index in [2.05, 4.69) is 21.2 Å². The molecule has 1 saturated heterocycles. The van der Waals surface area contributed by atoms with Gasteiger partial charge in [-0.15, -0.1) is 0 Å². The monoisotopic (exact) mass is 342 g/mol. The van der Waals surface area contributed by atoms with Gasteiger partial charge in [-0.3, -0.25) is 19.7 Å². The molecule has 5 nitrogen and oxygen atoms in total. The summed E-state index contributed by atoms with van der Waals surface area (Å²) >= 11 is 3.18. The molecule has 7 heteroatoms. The highest BCUT2D eigenvalue weighted by Crippen LogP contribution is 2.22. The third-order valence-electron chi connectivity index (χ3n) is 3.08. The standard InChI is InChI=1S/C13H12BrFN2O3/c1-2-17(10-6-11(18)16-12(10)19)13(20)8-5-7(15)3-4-9(8)14/h3-5,10H,2,6H2,1H3,(H,16,18,19)/t10-/m0/s1. The molecule has 1 aromatic carbocycles. The fourth-order valence-electron chi connectivity index (χ4n) is 2.11. The molecular weight excluding hydrogens is 331 g/mol. The molecule has 0 saturated carbocycles. The number of benzene rings is 1. The Balaban J connectivity index is 2.32. The number of carbonyl (C=O) groups excluding carboxylic acids is 3. The Hall–Kier alpha value is -1.76. The summed E-state index contributed by atoms with van der Waals surface area (Å²) in [6.07, 6.45) is -0.0641. The summed E-state index contributed by atoms with van der Waals surface area (Å²) in [5.41, 5.74) is 0.124. The van der Waals surface area contributed by atoms with Crippen LogP contribution in [0, 0.1) is 5.82 Å². The van der Waals surface area contributed by atoms with Gasteiger partial charge in [-0.1, -0.05) is 0 Å². The summed E-state index contributed by atoms with van der Waals surface area (Å²) in [6, 6.07) is 2.92. The van der Waals surface area contributed by atoms with Gasteiger partial charge < -0.3 is 4.90 Å². The molecule has 2 rings (SSSR count). The first kappa shape index (κ1) is 14.6. The first-order valence-corrected chi connectivity index (χ1v) is 6.83. The Labute approximate surface area is 123 Å². The molecule has 1 aliphatic heterocycles. The number of hydrogen-bond acceptors (Lipinski definition) is 3. The Morgan fingerprint density at radius 2 is 2.20 bits per heavy atom. The maximum absolute atomic E-state index is 13.3. The molecule has 0 radical (unpaired) electrons. The second kappa shape index (κ2) is 5.70. The number of likely N-dealkylation sites (N-methyl/N-ethyl adjacent to an activating group) is 1. The van der Waals surface area contributed by atoms with Crippen LogP contribution in [0.3, 0.4) is 0 Å². The van der Waals surface area contributed by atoms with Crippen LogP contribution in [-0.2, 0) is 9.59 Å². The van der Waals surface area contributed by atoms with Crippen LogP contribution in [0.1, 0.15) is 23.7 Å². The number of nitrogens with one attached hydrogen (secondary N) is 1. The van der Waals surface area contributed by atoms with Crippen LogP contribution in [0.25, 0.3) is 0 Å². The number of amides is 3. The average molecular weight is 343 g/mol. The molecule has 0 unspecified atom stereocenters. The van der Waals surface area contributed by atoms with Crippen molar-refractivity contribution >= 4 is 33.7 Å². The van der Waals surface area contributed by atoms with Crippen LogP contribution >= 0.6 is 15.9 Å². The summed E-state index contributed by atoms with van der Waals surface area (Å²) in [5, 5.41) is 2.16. The maximum atomic E-state index is 13.3. The number of rotatable bonds is 3. The third kappa shape index (κ3) is 2.72. The van der Waals surface area contributed by atoms with Crippen molar-refractivity contribution in [3.8, 4) is 0 Å². The van der Waals surface area contributed by atoms with E-state index in [0.717, 1.165) is 6.07 Å². The highest BCUT2D eigenvalue weighted by Gasteiger charge is 2.37. The van der Waals surface area contributed by atoms with Gasteiger partial charge in [0, 0.05) is 11.0 Å². The number of hydrogen-bond donors (Lipinski definition) is 1. The molecule has 1 heterocycles. The van der Waals surface area contributed by atoms with E-state index < -0.39 is 29.6 Å². The van der Waals surface area contributed by atoms with Crippen molar-refractivity contribution in [2.24, 2.45) is 0 Å². The van der Waals surface area contributed by atoms with E-state index in [4.69, 9.17) is 0 Å². The summed E-state index contributed by atoms with van der Waals surface area (Å²) in [6.45, 7) is 1.94. The van der Waals surface area contributed by atoms with E-state index in [1.807, 2.05) is 0 Å². The SMILES string of the molecule is CCN(C(=O)c1cc(F)ccc1Br)[C@H]1CC(=O)NC1=O. The molecule has 0 bridgehead atoms. The van der Waals surface area contributed by atoms with E-state index in [-0.39, 0.29) is 18.5 Å². The molecule has 1 aliphatic rings. The van der Waals surface area contributed by atoms with Crippen LogP contribution in [0.2, 0.25) is 0 Å². The van der Waals surface area contributed by atoms with Crippen LogP contribution in [-0.4, -0.2) is 35.2 Å². The lowest BCUT2D eigenvalue weighted by Gasteiger charge is -2.25. The zero-order valence-corrected chi connectivity index (χ0v) is 12.2. The van der Waals surface area contributed by atoms with E-state index in [1.165, 1.54) is 17.0 Å². The molecule has 0 aliphatic carbocycles. The van der Waals surface area contributed by atoms with Gasteiger partial charge in [0.15, 0.2) is 0 Å². The van der Waals surface area contributed by atoms with Gasteiger partial charge in [-0.25, -0.2) is 4.39 Å². The number of carbonyl (C=O) groups is 3. The van der Waals surface area contributed by atoms with Crippen molar-refractivity contribution in [2.75, 3.05) is 6.54 Å². The zero-order chi connectivity index (χ0) is 14.9. The molecule has 106 valence electrons. The Morgan fingerprint density at radius 3 is 2.75 bits per heavy atom.